The summed E-state index contributed by atoms with van der Waals surface area (Å²) in [5.41, 5.74) is 1.54. The summed E-state index contributed by atoms with van der Waals surface area (Å²) in [6.07, 6.45) is -1.08. The van der Waals surface area contributed by atoms with Crippen LogP contribution in [0.15, 0.2) is 47.4 Å². The van der Waals surface area contributed by atoms with Gasteiger partial charge in [0.2, 0.25) is 10.0 Å². The Morgan fingerprint density at radius 3 is 2.38 bits per heavy atom. The van der Waals surface area contributed by atoms with Gasteiger partial charge in [0.25, 0.3) is 5.91 Å². The van der Waals surface area contributed by atoms with Crippen molar-refractivity contribution in [1.82, 2.24) is 4.31 Å². The number of methoxy groups -OCH3 is 1. The first-order chi connectivity index (χ1) is 13.6. The van der Waals surface area contributed by atoms with Crippen molar-refractivity contribution in [2.24, 2.45) is 0 Å². The molecule has 1 unspecified atom stereocenters. The number of anilines is 1. The first kappa shape index (κ1) is 22.4. The normalized spacial score (nSPS) is 12.3. The van der Waals surface area contributed by atoms with E-state index >= 15 is 0 Å². The minimum absolute atomic E-state index is 0.0126. The van der Waals surface area contributed by atoms with Gasteiger partial charge >= 0.3 is 5.97 Å². The van der Waals surface area contributed by atoms with Gasteiger partial charge in [-0.05, 0) is 49.7 Å². The summed E-state index contributed by atoms with van der Waals surface area (Å²) in [6.45, 7) is 3.33. The Morgan fingerprint density at radius 2 is 1.79 bits per heavy atom. The molecule has 0 aliphatic rings. The lowest BCUT2D eigenvalue weighted by Gasteiger charge is -2.17. The molecule has 2 rings (SSSR count). The number of rotatable bonds is 7. The standard InChI is InChI=1S/C20H24N2O6S/c1-13-7-6-8-16(11-13)21-19(23)14(2)28-20(24)15-9-10-17(27-5)18(12-15)29(25,26)22(3)4/h6-12,14H,1-5H3,(H,21,23). The number of hydrogen-bond donors (Lipinski definition) is 1. The molecule has 156 valence electrons. The molecule has 0 saturated heterocycles. The third-order valence-corrected chi connectivity index (χ3v) is 5.93. The number of sulfonamides is 1. The molecule has 1 amide bonds. The van der Waals surface area contributed by atoms with Gasteiger partial charge in [-0.3, -0.25) is 4.79 Å². The Balaban J connectivity index is 2.18. The van der Waals surface area contributed by atoms with Gasteiger partial charge in [-0.15, -0.1) is 0 Å². The van der Waals surface area contributed by atoms with Crippen LogP contribution in [0.2, 0.25) is 0 Å². The van der Waals surface area contributed by atoms with Crippen LogP contribution in [0.25, 0.3) is 0 Å². The summed E-state index contributed by atoms with van der Waals surface area (Å²) in [7, 11) is 0.234. The van der Waals surface area contributed by atoms with Gasteiger partial charge in [0.15, 0.2) is 6.10 Å². The monoisotopic (exact) mass is 420 g/mol. The van der Waals surface area contributed by atoms with E-state index in [2.05, 4.69) is 5.32 Å². The third kappa shape index (κ3) is 5.33. The lowest BCUT2D eigenvalue weighted by atomic mass is 10.2. The highest BCUT2D eigenvalue weighted by Gasteiger charge is 2.25. The van der Waals surface area contributed by atoms with Crippen molar-refractivity contribution in [2.45, 2.75) is 24.8 Å². The van der Waals surface area contributed by atoms with Crippen molar-refractivity contribution in [3.8, 4) is 5.75 Å². The molecule has 0 aliphatic carbocycles. The van der Waals surface area contributed by atoms with Crippen LogP contribution in [0.3, 0.4) is 0 Å². The summed E-state index contributed by atoms with van der Waals surface area (Å²) in [4.78, 5) is 24.6. The molecule has 0 saturated carbocycles. The fraction of sp³-hybridized carbons (Fsp3) is 0.300. The first-order valence-corrected chi connectivity index (χ1v) is 10.2. The second-order valence-electron chi connectivity index (χ2n) is 6.56. The largest absolute Gasteiger partial charge is 0.495 e. The number of aryl methyl sites for hydroxylation is 1. The highest BCUT2D eigenvalue weighted by atomic mass is 32.2. The zero-order valence-electron chi connectivity index (χ0n) is 16.9. The van der Waals surface area contributed by atoms with E-state index in [4.69, 9.17) is 9.47 Å². The summed E-state index contributed by atoms with van der Waals surface area (Å²) in [5, 5.41) is 2.67. The molecule has 0 heterocycles. The van der Waals surface area contributed by atoms with Gasteiger partial charge in [0.05, 0.1) is 12.7 Å². The second-order valence-corrected chi connectivity index (χ2v) is 8.68. The average molecular weight is 420 g/mol. The zero-order chi connectivity index (χ0) is 21.8. The molecule has 8 nitrogen and oxygen atoms in total. The third-order valence-electron chi connectivity index (χ3n) is 4.10. The lowest BCUT2D eigenvalue weighted by molar-refractivity contribution is -0.123. The number of esters is 1. The van der Waals surface area contributed by atoms with Crippen molar-refractivity contribution < 1.29 is 27.5 Å². The van der Waals surface area contributed by atoms with Crippen LogP contribution in [-0.2, 0) is 19.6 Å². The Labute approximate surface area is 170 Å². The Morgan fingerprint density at radius 1 is 1.10 bits per heavy atom. The highest BCUT2D eigenvalue weighted by molar-refractivity contribution is 7.89. The molecule has 2 aromatic carbocycles. The number of carbonyl (C=O) groups excluding carboxylic acids is 2. The van der Waals surface area contributed by atoms with Crippen LogP contribution in [0.1, 0.15) is 22.8 Å². The average Bonchev–Trinajstić information content (AvgIpc) is 2.67. The van der Waals surface area contributed by atoms with Crippen LogP contribution in [0.4, 0.5) is 5.69 Å². The van der Waals surface area contributed by atoms with Gasteiger partial charge in [-0.1, -0.05) is 12.1 Å². The fourth-order valence-corrected chi connectivity index (χ4v) is 3.53. The zero-order valence-corrected chi connectivity index (χ0v) is 17.7. The van der Waals surface area contributed by atoms with Gasteiger partial charge < -0.3 is 14.8 Å². The summed E-state index contributed by atoms with van der Waals surface area (Å²) < 4.78 is 36.3. The number of amides is 1. The van der Waals surface area contributed by atoms with Crippen molar-refractivity contribution in [2.75, 3.05) is 26.5 Å². The predicted octanol–water partition coefficient (Wildman–Crippen LogP) is 2.44. The smallest absolute Gasteiger partial charge is 0.338 e. The molecule has 1 N–H and O–H groups in total. The molecular formula is C20H24N2O6S. The molecular weight excluding hydrogens is 396 g/mol. The summed E-state index contributed by atoms with van der Waals surface area (Å²) >= 11 is 0. The van der Waals surface area contributed by atoms with Crippen molar-refractivity contribution in [3.63, 3.8) is 0 Å². The minimum Gasteiger partial charge on any atom is -0.495 e. The van der Waals surface area contributed by atoms with Crippen molar-refractivity contribution in [3.05, 3.63) is 53.6 Å². The SMILES string of the molecule is COc1ccc(C(=O)OC(C)C(=O)Nc2cccc(C)c2)cc1S(=O)(=O)N(C)C. The molecule has 9 heteroatoms. The van der Waals surface area contributed by atoms with Gasteiger partial charge in [-0.25, -0.2) is 17.5 Å². The quantitative estimate of drug-likeness (QED) is 0.691. The van der Waals surface area contributed by atoms with Crippen molar-refractivity contribution in [1.29, 1.82) is 0 Å². The molecule has 0 aromatic heterocycles. The van der Waals surface area contributed by atoms with E-state index < -0.39 is 28.0 Å². The first-order valence-electron chi connectivity index (χ1n) is 8.75. The van der Waals surface area contributed by atoms with E-state index in [9.17, 15) is 18.0 Å². The number of carbonyl (C=O) groups is 2. The van der Waals surface area contributed by atoms with Crippen molar-refractivity contribution >= 4 is 27.6 Å². The minimum atomic E-state index is -3.84. The van der Waals surface area contributed by atoms with Crippen LogP contribution in [-0.4, -0.2) is 51.9 Å². The van der Waals surface area contributed by atoms with Gasteiger partial charge in [0.1, 0.15) is 10.6 Å². The Hall–Kier alpha value is -2.91. The maximum absolute atomic E-state index is 12.5. The van der Waals surface area contributed by atoms with E-state index in [1.54, 1.807) is 18.2 Å². The van der Waals surface area contributed by atoms with Crippen LogP contribution < -0.4 is 10.1 Å². The highest BCUT2D eigenvalue weighted by Crippen LogP contribution is 2.27. The number of benzene rings is 2. The number of nitrogens with zero attached hydrogens (tertiary/aromatic N) is 1. The Bertz CT molecular complexity index is 1020. The summed E-state index contributed by atoms with van der Waals surface area (Å²) in [6, 6.07) is 11.1. The van der Waals surface area contributed by atoms with E-state index in [0.29, 0.717) is 5.69 Å². The van der Waals surface area contributed by atoms with Crippen LogP contribution in [0.5, 0.6) is 5.75 Å². The molecule has 0 spiro atoms. The van der Waals surface area contributed by atoms with Gasteiger partial charge in [-0.2, -0.15) is 0 Å². The molecule has 0 radical (unpaired) electrons. The lowest BCUT2D eigenvalue weighted by Crippen LogP contribution is -2.30. The topological polar surface area (TPSA) is 102 Å². The number of hydrogen-bond acceptors (Lipinski definition) is 6. The van der Waals surface area contributed by atoms with E-state index in [1.165, 1.54) is 46.3 Å². The molecule has 29 heavy (non-hydrogen) atoms. The van der Waals surface area contributed by atoms with E-state index in [1.807, 2.05) is 13.0 Å². The maximum Gasteiger partial charge on any atom is 0.338 e. The molecule has 1 atom stereocenters. The number of ether oxygens (including phenoxy) is 2. The number of nitrogens with one attached hydrogen (secondary N) is 1. The molecule has 0 bridgehead atoms. The molecule has 0 aliphatic heterocycles. The van der Waals surface area contributed by atoms with E-state index in [-0.39, 0.29) is 16.2 Å². The molecule has 0 fully saturated rings. The van der Waals surface area contributed by atoms with Gasteiger partial charge in [0, 0.05) is 19.8 Å². The van der Waals surface area contributed by atoms with Crippen LogP contribution >= 0.6 is 0 Å². The molecule has 2 aromatic rings. The summed E-state index contributed by atoms with van der Waals surface area (Å²) in [5.74, 6) is -1.23. The fourth-order valence-electron chi connectivity index (χ4n) is 2.45. The second kappa shape index (κ2) is 9.06. The Kier molecular flexibility index (Phi) is 6.99. The maximum atomic E-state index is 12.5. The van der Waals surface area contributed by atoms with Crippen LogP contribution in [0, 0.1) is 6.92 Å². The predicted molar refractivity (Wildman–Crippen MR) is 109 cm³/mol. The van der Waals surface area contributed by atoms with E-state index in [0.717, 1.165) is 9.87 Å².